The van der Waals surface area contributed by atoms with Crippen LogP contribution in [0.1, 0.15) is 10.4 Å². The number of hydrogen-bond donors (Lipinski definition) is 1. The van der Waals surface area contributed by atoms with Crippen LogP contribution < -0.4 is 24.3 Å². The number of carbonyl (C=O) groups is 1. The lowest BCUT2D eigenvalue weighted by molar-refractivity contribution is -0.0512. The summed E-state index contributed by atoms with van der Waals surface area (Å²) in [5.41, 5.74) is 0.495. The van der Waals surface area contributed by atoms with E-state index in [2.05, 4.69) is 10.1 Å². The highest BCUT2D eigenvalue weighted by molar-refractivity contribution is 6.34. The maximum Gasteiger partial charge on any atom is 0.387 e. The third kappa shape index (κ3) is 3.69. The molecule has 1 aliphatic heterocycles. The predicted octanol–water partition coefficient (Wildman–Crippen LogP) is 3.93. The topological polar surface area (TPSA) is 66.0 Å². The molecule has 0 radical (unpaired) electrons. The standard InChI is InChI=1S/C16H12ClF2NO5/c1-22-12-4-8(2-3-11(12)25-16(18)19)15(21)20-10-6-14-13(5-9(10)17)23-7-24-14/h2-6,16H,7H2,1H3,(H,20,21). The van der Waals surface area contributed by atoms with E-state index >= 15 is 0 Å². The van der Waals surface area contributed by atoms with Crippen LogP contribution in [0.3, 0.4) is 0 Å². The van der Waals surface area contributed by atoms with Crippen molar-refractivity contribution >= 4 is 23.2 Å². The fourth-order valence-corrected chi connectivity index (χ4v) is 2.41. The van der Waals surface area contributed by atoms with E-state index < -0.39 is 12.5 Å². The lowest BCUT2D eigenvalue weighted by atomic mass is 10.1. The molecule has 132 valence electrons. The summed E-state index contributed by atoms with van der Waals surface area (Å²) in [5.74, 6) is 0.263. The molecule has 0 aromatic heterocycles. The van der Waals surface area contributed by atoms with Crippen LogP contribution >= 0.6 is 11.6 Å². The number of methoxy groups -OCH3 is 1. The van der Waals surface area contributed by atoms with Crippen LogP contribution in [0, 0.1) is 0 Å². The van der Waals surface area contributed by atoms with Crippen LogP contribution in [0.2, 0.25) is 5.02 Å². The highest BCUT2D eigenvalue weighted by Crippen LogP contribution is 2.39. The number of hydrogen-bond acceptors (Lipinski definition) is 5. The Morgan fingerprint density at radius 1 is 1.20 bits per heavy atom. The van der Waals surface area contributed by atoms with E-state index in [0.29, 0.717) is 17.2 Å². The molecule has 0 spiro atoms. The van der Waals surface area contributed by atoms with Gasteiger partial charge in [0, 0.05) is 17.7 Å². The van der Waals surface area contributed by atoms with Crippen molar-refractivity contribution in [1.82, 2.24) is 0 Å². The molecule has 0 saturated heterocycles. The van der Waals surface area contributed by atoms with Gasteiger partial charge in [-0.3, -0.25) is 4.79 Å². The van der Waals surface area contributed by atoms with Crippen molar-refractivity contribution in [2.24, 2.45) is 0 Å². The number of halogens is 3. The Balaban J connectivity index is 1.82. The zero-order valence-electron chi connectivity index (χ0n) is 12.8. The van der Waals surface area contributed by atoms with Crippen molar-refractivity contribution in [3.8, 4) is 23.0 Å². The first-order valence-electron chi connectivity index (χ1n) is 7.01. The van der Waals surface area contributed by atoms with Gasteiger partial charge in [0.15, 0.2) is 23.0 Å². The van der Waals surface area contributed by atoms with Gasteiger partial charge in [-0.05, 0) is 18.2 Å². The summed E-state index contributed by atoms with van der Waals surface area (Å²) in [6.07, 6.45) is 0. The molecule has 2 aromatic rings. The third-order valence-electron chi connectivity index (χ3n) is 3.35. The van der Waals surface area contributed by atoms with Crippen molar-refractivity contribution in [3.05, 3.63) is 40.9 Å². The molecule has 2 aromatic carbocycles. The number of carbonyl (C=O) groups excluding carboxylic acids is 1. The maximum atomic E-state index is 12.4. The summed E-state index contributed by atoms with van der Waals surface area (Å²) in [5, 5.41) is 2.88. The summed E-state index contributed by atoms with van der Waals surface area (Å²) < 4.78 is 44.4. The van der Waals surface area contributed by atoms with E-state index in [1.807, 2.05) is 0 Å². The van der Waals surface area contributed by atoms with E-state index in [4.69, 9.17) is 25.8 Å². The molecule has 0 bridgehead atoms. The van der Waals surface area contributed by atoms with Gasteiger partial charge in [-0.15, -0.1) is 0 Å². The average Bonchev–Trinajstić information content (AvgIpc) is 3.02. The molecule has 25 heavy (non-hydrogen) atoms. The molecule has 0 atom stereocenters. The van der Waals surface area contributed by atoms with Crippen molar-refractivity contribution in [1.29, 1.82) is 0 Å². The number of benzene rings is 2. The second kappa shape index (κ2) is 7.02. The fraction of sp³-hybridized carbons (Fsp3) is 0.188. The number of anilines is 1. The first-order chi connectivity index (χ1) is 12.0. The second-order valence-electron chi connectivity index (χ2n) is 4.88. The Hall–Kier alpha value is -2.74. The van der Waals surface area contributed by atoms with Gasteiger partial charge in [-0.1, -0.05) is 11.6 Å². The monoisotopic (exact) mass is 371 g/mol. The minimum absolute atomic E-state index is 0.00438. The number of nitrogens with one attached hydrogen (secondary N) is 1. The molecule has 1 heterocycles. The summed E-state index contributed by atoms with van der Waals surface area (Å²) in [4.78, 5) is 12.4. The second-order valence-corrected chi connectivity index (χ2v) is 5.29. The quantitative estimate of drug-likeness (QED) is 0.862. The van der Waals surface area contributed by atoms with E-state index in [0.717, 1.165) is 0 Å². The van der Waals surface area contributed by atoms with Crippen LogP contribution in [-0.4, -0.2) is 26.4 Å². The van der Waals surface area contributed by atoms with Gasteiger partial charge in [0.1, 0.15) is 0 Å². The van der Waals surface area contributed by atoms with Gasteiger partial charge in [0.2, 0.25) is 6.79 Å². The molecular formula is C16H12ClF2NO5. The number of fused-ring (bicyclic) bond motifs is 1. The number of alkyl halides is 2. The van der Waals surface area contributed by atoms with Crippen LogP contribution in [0.5, 0.6) is 23.0 Å². The van der Waals surface area contributed by atoms with Crippen LogP contribution in [0.4, 0.5) is 14.5 Å². The molecule has 1 N–H and O–H groups in total. The molecule has 6 nitrogen and oxygen atoms in total. The van der Waals surface area contributed by atoms with E-state index in [1.54, 1.807) is 0 Å². The number of ether oxygens (including phenoxy) is 4. The molecule has 3 rings (SSSR count). The van der Waals surface area contributed by atoms with Crippen molar-refractivity contribution in [3.63, 3.8) is 0 Å². The van der Waals surface area contributed by atoms with Crippen LogP contribution in [-0.2, 0) is 0 Å². The van der Waals surface area contributed by atoms with Crippen molar-refractivity contribution < 1.29 is 32.5 Å². The predicted molar refractivity (Wildman–Crippen MR) is 85.2 cm³/mol. The van der Waals surface area contributed by atoms with Gasteiger partial charge in [-0.2, -0.15) is 8.78 Å². The molecule has 0 fully saturated rings. The van der Waals surface area contributed by atoms with E-state index in [9.17, 15) is 13.6 Å². The van der Waals surface area contributed by atoms with Gasteiger partial charge < -0.3 is 24.3 Å². The van der Waals surface area contributed by atoms with Crippen molar-refractivity contribution in [2.75, 3.05) is 19.2 Å². The molecule has 0 unspecified atom stereocenters. The van der Waals surface area contributed by atoms with Gasteiger partial charge >= 0.3 is 6.61 Å². The zero-order chi connectivity index (χ0) is 18.0. The smallest absolute Gasteiger partial charge is 0.387 e. The number of amides is 1. The molecule has 0 saturated carbocycles. The Labute approximate surface area is 146 Å². The van der Waals surface area contributed by atoms with Crippen molar-refractivity contribution in [2.45, 2.75) is 6.61 Å². The van der Waals surface area contributed by atoms with Gasteiger partial charge in [0.25, 0.3) is 5.91 Å². The number of rotatable bonds is 5. The van der Waals surface area contributed by atoms with E-state index in [1.165, 1.54) is 37.4 Å². The minimum atomic E-state index is -3.00. The average molecular weight is 372 g/mol. The normalized spacial score (nSPS) is 12.2. The Bertz CT molecular complexity index is 815. The lowest BCUT2D eigenvalue weighted by Gasteiger charge is -2.12. The Morgan fingerprint density at radius 3 is 2.60 bits per heavy atom. The largest absolute Gasteiger partial charge is 0.493 e. The molecule has 1 amide bonds. The maximum absolute atomic E-state index is 12.4. The SMILES string of the molecule is COc1cc(C(=O)Nc2cc3c(cc2Cl)OCO3)ccc1OC(F)F. The summed E-state index contributed by atoms with van der Waals surface area (Å²) in [6, 6.07) is 6.90. The van der Waals surface area contributed by atoms with Gasteiger partial charge in [-0.25, -0.2) is 0 Å². The van der Waals surface area contributed by atoms with Crippen LogP contribution in [0.15, 0.2) is 30.3 Å². The highest BCUT2D eigenvalue weighted by Gasteiger charge is 2.19. The third-order valence-corrected chi connectivity index (χ3v) is 3.67. The van der Waals surface area contributed by atoms with Crippen LogP contribution in [0.25, 0.3) is 0 Å². The summed E-state index contributed by atoms with van der Waals surface area (Å²) in [6.45, 7) is -2.92. The molecule has 9 heteroatoms. The summed E-state index contributed by atoms with van der Waals surface area (Å²) in [7, 11) is 1.28. The van der Waals surface area contributed by atoms with E-state index in [-0.39, 0.29) is 28.9 Å². The zero-order valence-corrected chi connectivity index (χ0v) is 13.6. The molecular weight excluding hydrogens is 360 g/mol. The lowest BCUT2D eigenvalue weighted by Crippen LogP contribution is -2.13. The highest BCUT2D eigenvalue weighted by atomic mass is 35.5. The first-order valence-corrected chi connectivity index (χ1v) is 7.39. The molecule has 0 aliphatic carbocycles. The minimum Gasteiger partial charge on any atom is -0.493 e. The Morgan fingerprint density at radius 2 is 1.92 bits per heavy atom. The first kappa shape index (κ1) is 17.1. The molecule has 1 aliphatic rings. The fourth-order valence-electron chi connectivity index (χ4n) is 2.21. The Kier molecular flexibility index (Phi) is 4.80. The van der Waals surface area contributed by atoms with Gasteiger partial charge in [0.05, 0.1) is 17.8 Å². The summed E-state index contributed by atoms with van der Waals surface area (Å²) >= 11 is 6.10.